The average molecular weight is 441 g/mol. The lowest BCUT2D eigenvalue weighted by atomic mass is 10.1. The van der Waals surface area contributed by atoms with Crippen molar-refractivity contribution >= 4 is 40.7 Å². The van der Waals surface area contributed by atoms with Gasteiger partial charge in [0.15, 0.2) is 0 Å². The van der Waals surface area contributed by atoms with Crippen LogP contribution in [-0.2, 0) is 0 Å². The van der Waals surface area contributed by atoms with Crippen LogP contribution in [0.5, 0.6) is 0 Å². The Labute approximate surface area is 183 Å². The molecule has 0 aliphatic heterocycles. The van der Waals surface area contributed by atoms with Gasteiger partial charge in [-0.25, -0.2) is 10.9 Å². The molecule has 0 aliphatic carbocycles. The summed E-state index contributed by atoms with van der Waals surface area (Å²) < 4.78 is 0. The number of amides is 2. The van der Waals surface area contributed by atoms with E-state index in [9.17, 15) is 9.59 Å². The van der Waals surface area contributed by atoms with Crippen molar-refractivity contribution in [2.75, 3.05) is 6.54 Å². The molecule has 0 aliphatic rings. The predicted octanol–water partition coefficient (Wildman–Crippen LogP) is 4.06. The number of hydrogen-bond donors (Lipinski definition) is 3. The van der Waals surface area contributed by atoms with Gasteiger partial charge in [0.2, 0.25) is 0 Å². The van der Waals surface area contributed by atoms with E-state index in [4.69, 9.17) is 23.2 Å². The van der Waals surface area contributed by atoms with E-state index in [1.807, 2.05) is 30.3 Å². The van der Waals surface area contributed by atoms with Gasteiger partial charge in [0.25, 0.3) is 11.8 Å². The normalized spacial score (nSPS) is 11.1. The Balaban J connectivity index is 1.66. The van der Waals surface area contributed by atoms with Crippen molar-refractivity contribution in [2.45, 2.75) is 0 Å². The summed E-state index contributed by atoms with van der Waals surface area (Å²) in [7, 11) is 0. The van der Waals surface area contributed by atoms with Crippen LogP contribution in [0.1, 0.15) is 26.3 Å². The first kappa shape index (κ1) is 21.5. The zero-order valence-corrected chi connectivity index (χ0v) is 17.2. The number of halogens is 2. The van der Waals surface area contributed by atoms with Crippen molar-refractivity contribution in [3.8, 4) is 0 Å². The maximum Gasteiger partial charge on any atom is 0.271 e. The molecule has 30 heavy (non-hydrogen) atoms. The monoisotopic (exact) mass is 440 g/mol. The summed E-state index contributed by atoms with van der Waals surface area (Å²) in [5.74, 6) is -0.686. The van der Waals surface area contributed by atoms with Gasteiger partial charge in [-0.3, -0.25) is 15.0 Å². The molecule has 0 atom stereocenters. The fourth-order valence-corrected chi connectivity index (χ4v) is 2.75. The van der Waals surface area contributed by atoms with E-state index in [0.717, 1.165) is 5.56 Å². The fraction of sp³-hybridized carbons (Fsp3) is 0.0455. The molecule has 152 valence electrons. The lowest BCUT2D eigenvalue weighted by Crippen LogP contribution is -2.41. The van der Waals surface area contributed by atoms with Crippen molar-refractivity contribution in [1.82, 2.24) is 16.3 Å². The minimum Gasteiger partial charge on any atom is -0.287 e. The highest BCUT2D eigenvalue weighted by Gasteiger charge is 2.09. The van der Waals surface area contributed by atoms with Crippen LogP contribution in [0.4, 0.5) is 0 Å². The van der Waals surface area contributed by atoms with Crippen molar-refractivity contribution in [3.05, 3.63) is 106 Å². The molecule has 3 N–H and O–H groups in total. The van der Waals surface area contributed by atoms with Gasteiger partial charge in [0, 0.05) is 21.2 Å². The average Bonchev–Trinajstić information content (AvgIpc) is 2.77. The van der Waals surface area contributed by atoms with Crippen molar-refractivity contribution < 1.29 is 9.59 Å². The molecular formula is C22H18Cl2N4O2. The zero-order valence-electron chi connectivity index (χ0n) is 15.7. The van der Waals surface area contributed by atoms with Crippen LogP contribution in [-0.4, -0.2) is 24.1 Å². The summed E-state index contributed by atoms with van der Waals surface area (Å²) in [6.45, 7) is 0.185. The van der Waals surface area contributed by atoms with E-state index in [2.05, 4.69) is 21.4 Å². The lowest BCUT2D eigenvalue weighted by Gasteiger charge is -2.11. The van der Waals surface area contributed by atoms with Gasteiger partial charge in [-0.05, 0) is 54.1 Å². The van der Waals surface area contributed by atoms with Gasteiger partial charge in [-0.1, -0.05) is 53.5 Å². The Morgan fingerprint density at radius 3 is 1.80 bits per heavy atom. The van der Waals surface area contributed by atoms with Crippen LogP contribution in [0.2, 0.25) is 10.0 Å². The molecule has 3 aromatic carbocycles. The number of hydrazone groups is 1. The molecule has 0 spiro atoms. The maximum atomic E-state index is 12.3. The summed E-state index contributed by atoms with van der Waals surface area (Å²) in [5, 5.41) is 5.32. The van der Waals surface area contributed by atoms with Gasteiger partial charge in [0.05, 0.1) is 12.3 Å². The Kier molecular flexibility index (Phi) is 7.57. The smallest absolute Gasteiger partial charge is 0.271 e. The van der Waals surface area contributed by atoms with Crippen LogP contribution in [0, 0.1) is 0 Å². The number of carbonyl (C=O) groups is 2. The Hall–Kier alpha value is -3.19. The van der Waals surface area contributed by atoms with Crippen molar-refractivity contribution in [3.63, 3.8) is 0 Å². The molecule has 0 unspecified atom stereocenters. The summed E-state index contributed by atoms with van der Waals surface area (Å²) in [5.41, 5.74) is 10.2. The molecule has 0 fully saturated rings. The highest BCUT2D eigenvalue weighted by atomic mass is 35.5. The SMILES string of the molecule is O=C(N/N=C(/CNNC(=O)c1ccc(Cl)cc1)c1ccccc1)c1ccc(Cl)cc1. The van der Waals surface area contributed by atoms with Gasteiger partial charge < -0.3 is 0 Å². The van der Waals surface area contributed by atoms with Gasteiger partial charge in [-0.15, -0.1) is 0 Å². The molecule has 0 aromatic heterocycles. The fourth-order valence-electron chi connectivity index (χ4n) is 2.50. The number of nitrogens with one attached hydrogen (secondary N) is 3. The minimum absolute atomic E-state index is 0.185. The third-order valence-electron chi connectivity index (χ3n) is 4.07. The second-order valence-electron chi connectivity index (χ2n) is 6.19. The molecule has 0 heterocycles. The summed E-state index contributed by atoms with van der Waals surface area (Å²) in [4.78, 5) is 24.5. The molecule has 0 saturated carbocycles. The third kappa shape index (κ3) is 6.15. The predicted molar refractivity (Wildman–Crippen MR) is 119 cm³/mol. The molecular weight excluding hydrogens is 423 g/mol. The number of nitrogens with zero attached hydrogens (tertiary/aromatic N) is 1. The van der Waals surface area contributed by atoms with E-state index in [-0.39, 0.29) is 18.4 Å². The van der Waals surface area contributed by atoms with E-state index in [1.165, 1.54) is 0 Å². The van der Waals surface area contributed by atoms with Gasteiger partial charge in [-0.2, -0.15) is 5.10 Å². The number of hydrazine groups is 1. The van der Waals surface area contributed by atoms with Gasteiger partial charge in [0.1, 0.15) is 0 Å². The summed E-state index contributed by atoms with van der Waals surface area (Å²) in [6, 6.07) is 22.3. The van der Waals surface area contributed by atoms with E-state index in [0.29, 0.717) is 26.9 Å². The van der Waals surface area contributed by atoms with E-state index in [1.54, 1.807) is 48.5 Å². The third-order valence-corrected chi connectivity index (χ3v) is 4.57. The molecule has 6 nitrogen and oxygen atoms in total. The molecule has 0 saturated heterocycles. The topological polar surface area (TPSA) is 82.6 Å². The lowest BCUT2D eigenvalue weighted by molar-refractivity contribution is 0.0931. The van der Waals surface area contributed by atoms with Crippen molar-refractivity contribution in [2.24, 2.45) is 5.10 Å². The maximum absolute atomic E-state index is 12.3. The second-order valence-corrected chi connectivity index (χ2v) is 7.06. The molecule has 0 radical (unpaired) electrons. The Morgan fingerprint density at radius 2 is 1.23 bits per heavy atom. The van der Waals surface area contributed by atoms with Crippen LogP contribution < -0.4 is 16.3 Å². The number of carbonyl (C=O) groups excluding carboxylic acids is 2. The highest BCUT2D eigenvalue weighted by molar-refractivity contribution is 6.31. The molecule has 3 aromatic rings. The first-order chi connectivity index (χ1) is 14.5. The van der Waals surface area contributed by atoms with Gasteiger partial charge >= 0.3 is 0 Å². The van der Waals surface area contributed by atoms with Crippen LogP contribution >= 0.6 is 23.2 Å². The zero-order chi connectivity index (χ0) is 21.3. The standard InChI is InChI=1S/C22H18Cl2N4O2/c23-18-10-6-16(7-11-18)21(29)27-25-14-20(15-4-2-1-3-5-15)26-28-22(30)17-8-12-19(24)13-9-17/h1-13,25H,14H2,(H,27,29)(H,28,30)/b26-20-. The molecule has 8 heteroatoms. The second kappa shape index (κ2) is 10.5. The highest BCUT2D eigenvalue weighted by Crippen LogP contribution is 2.10. The number of benzene rings is 3. The largest absolute Gasteiger partial charge is 0.287 e. The first-order valence-corrected chi connectivity index (χ1v) is 9.75. The van der Waals surface area contributed by atoms with E-state index < -0.39 is 0 Å². The number of rotatable bonds is 7. The summed E-state index contributed by atoms with van der Waals surface area (Å²) >= 11 is 11.7. The van der Waals surface area contributed by atoms with E-state index >= 15 is 0 Å². The van der Waals surface area contributed by atoms with Crippen molar-refractivity contribution in [1.29, 1.82) is 0 Å². The number of hydrogen-bond acceptors (Lipinski definition) is 4. The minimum atomic E-state index is -0.370. The van der Waals surface area contributed by atoms with Crippen LogP contribution in [0.25, 0.3) is 0 Å². The van der Waals surface area contributed by atoms with Crippen LogP contribution in [0.3, 0.4) is 0 Å². The molecule has 0 bridgehead atoms. The molecule has 3 rings (SSSR count). The Morgan fingerprint density at radius 1 is 0.700 bits per heavy atom. The summed E-state index contributed by atoms with van der Waals surface area (Å²) in [6.07, 6.45) is 0. The molecule has 2 amide bonds. The quantitative estimate of drug-likeness (QED) is 0.382. The first-order valence-electron chi connectivity index (χ1n) is 8.99. The Bertz CT molecular complexity index is 1040. The van der Waals surface area contributed by atoms with Crippen LogP contribution in [0.15, 0.2) is 84.0 Å².